The van der Waals surface area contributed by atoms with Gasteiger partial charge in [-0.1, -0.05) is 6.92 Å². The van der Waals surface area contributed by atoms with Crippen LogP contribution in [0.15, 0.2) is 0 Å². The molecule has 0 bridgehead atoms. The van der Waals surface area contributed by atoms with Gasteiger partial charge in [-0.25, -0.2) is 0 Å². The van der Waals surface area contributed by atoms with Crippen molar-refractivity contribution < 1.29 is 4.79 Å². The quantitative estimate of drug-likeness (QED) is 0.617. The molecule has 0 aliphatic carbocycles. The lowest BCUT2D eigenvalue weighted by atomic mass is 10.2. The van der Waals surface area contributed by atoms with Gasteiger partial charge in [0.25, 0.3) is 0 Å². The van der Waals surface area contributed by atoms with Crippen LogP contribution in [0.25, 0.3) is 0 Å². The maximum Gasteiger partial charge on any atom is 0.233 e. The zero-order chi connectivity index (χ0) is 11.7. The van der Waals surface area contributed by atoms with Crippen molar-refractivity contribution in [1.82, 2.24) is 15.5 Å². The van der Waals surface area contributed by atoms with Crippen molar-refractivity contribution in [3.05, 3.63) is 0 Å². The van der Waals surface area contributed by atoms with E-state index < -0.39 is 0 Å². The smallest absolute Gasteiger partial charge is 0.233 e. The molecule has 1 amide bonds. The summed E-state index contributed by atoms with van der Waals surface area (Å²) >= 11 is 0. The molecule has 0 fully saturated rings. The van der Waals surface area contributed by atoms with E-state index in [9.17, 15) is 4.79 Å². The molecule has 0 spiro atoms. The minimum atomic E-state index is 0.0913. The Kier molecular flexibility index (Phi) is 8.33. The fraction of sp³-hybridized carbons (Fsp3) is 0.909. The summed E-state index contributed by atoms with van der Waals surface area (Å²) in [6, 6.07) is 0.389. The van der Waals surface area contributed by atoms with Crippen molar-refractivity contribution in [3.63, 3.8) is 0 Å². The predicted octanol–water partition coefficient (Wildman–Crippen LogP) is 0.442. The molecule has 90 valence electrons. The number of carbonyl (C=O) groups excluding carboxylic acids is 1. The number of rotatable bonds is 8. The molecule has 0 saturated carbocycles. The van der Waals surface area contributed by atoms with E-state index in [1.54, 1.807) is 0 Å². The van der Waals surface area contributed by atoms with E-state index >= 15 is 0 Å². The van der Waals surface area contributed by atoms with Gasteiger partial charge in [-0.15, -0.1) is 0 Å². The van der Waals surface area contributed by atoms with Crippen LogP contribution in [0.2, 0.25) is 0 Å². The third kappa shape index (κ3) is 9.69. The molecule has 0 aromatic heterocycles. The van der Waals surface area contributed by atoms with E-state index in [0.717, 1.165) is 25.9 Å². The van der Waals surface area contributed by atoms with E-state index in [-0.39, 0.29) is 5.91 Å². The van der Waals surface area contributed by atoms with Gasteiger partial charge < -0.3 is 15.5 Å². The SMILES string of the molecule is CCCNC(=O)CNC(C)CCN(C)C. The standard InChI is InChI=1S/C11H25N3O/c1-5-7-12-11(15)9-13-10(2)6-8-14(3)4/h10,13H,5-9H2,1-4H3,(H,12,15). The molecule has 1 atom stereocenters. The highest BCUT2D eigenvalue weighted by Gasteiger charge is 2.04. The molecule has 4 heteroatoms. The third-order valence-electron chi connectivity index (χ3n) is 2.19. The van der Waals surface area contributed by atoms with Crippen LogP contribution in [0.5, 0.6) is 0 Å². The lowest BCUT2D eigenvalue weighted by molar-refractivity contribution is -0.120. The topological polar surface area (TPSA) is 44.4 Å². The molecule has 0 aromatic carbocycles. The van der Waals surface area contributed by atoms with Gasteiger partial charge in [-0.3, -0.25) is 4.79 Å². The first-order valence-corrected chi connectivity index (χ1v) is 5.71. The van der Waals surface area contributed by atoms with Crippen molar-refractivity contribution in [2.45, 2.75) is 32.7 Å². The van der Waals surface area contributed by atoms with Gasteiger partial charge in [0, 0.05) is 12.6 Å². The van der Waals surface area contributed by atoms with E-state index in [0.29, 0.717) is 12.6 Å². The maximum atomic E-state index is 11.3. The Bertz CT molecular complexity index is 171. The van der Waals surface area contributed by atoms with Crippen molar-refractivity contribution in [3.8, 4) is 0 Å². The minimum Gasteiger partial charge on any atom is -0.355 e. The summed E-state index contributed by atoms with van der Waals surface area (Å²) in [5.74, 6) is 0.0913. The Hall–Kier alpha value is -0.610. The molecule has 0 heterocycles. The number of nitrogens with zero attached hydrogens (tertiary/aromatic N) is 1. The van der Waals surface area contributed by atoms with Crippen LogP contribution in [0.1, 0.15) is 26.7 Å². The highest BCUT2D eigenvalue weighted by molar-refractivity contribution is 5.77. The van der Waals surface area contributed by atoms with Crippen molar-refractivity contribution in [2.24, 2.45) is 0 Å². The van der Waals surface area contributed by atoms with Crippen LogP contribution in [0.4, 0.5) is 0 Å². The lowest BCUT2D eigenvalue weighted by Gasteiger charge is -2.16. The highest BCUT2D eigenvalue weighted by Crippen LogP contribution is 1.91. The van der Waals surface area contributed by atoms with E-state index in [1.165, 1.54) is 0 Å². The van der Waals surface area contributed by atoms with Crippen molar-refractivity contribution in [1.29, 1.82) is 0 Å². The zero-order valence-corrected chi connectivity index (χ0v) is 10.5. The number of nitrogens with one attached hydrogen (secondary N) is 2. The molecular formula is C11H25N3O. The van der Waals surface area contributed by atoms with Gasteiger partial charge in [0.1, 0.15) is 0 Å². The summed E-state index contributed by atoms with van der Waals surface area (Å²) in [4.78, 5) is 13.4. The first kappa shape index (κ1) is 14.4. The summed E-state index contributed by atoms with van der Waals surface area (Å²) in [5, 5.41) is 6.05. The fourth-order valence-corrected chi connectivity index (χ4v) is 1.15. The van der Waals surface area contributed by atoms with Crippen LogP contribution >= 0.6 is 0 Å². The molecule has 0 radical (unpaired) electrons. The third-order valence-corrected chi connectivity index (χ3v) is 2.19. The second-order valence-electron chi connectivity index (χ2n) is 4.22. The Morgan fingerprint density at radius 2 is 2.07 bits per heavy atom. The van der Waals surface area contributed by atoms with Crippen LogP contribution < -0.4 is 10.6 Å². The van der Waals surface area contributed by atoms with E-state index in [2.05, 4.69) is 36.6 Å². The average molecular weight is 215 g/mol. The Morgan fingerprint density at radius 1 is 1.40 bits per heavy atom. The molecule has 0 aliphatic heterocycles. The number of hydrogen-bond donors (Lipinski definition) is 2. The molecule has 0 aromatic rings. The van der Waals surface area contributed by atoms with Gasteiger partial charge in [0.2, 0.25) is 5.91 Å². The summed E-state index contributed by atoms with van der Waals surface area (Å²) < 4.78 is 0. The zero-order valence-electron chi connectivity index (χ0n) is 10.5. The summed E-state index contributed by atoms with van der Waals surface area (Å²) in [6.45, 7) is 6.40. The molecule has 1 unspecified atom stereocenters. The Morgan fingerprint density at radius 3 is 2.60 bits per heavy atom. The van der Waals surface area contributed by atoms with Gasteiger partial charge >= 0.3 is 0 Å². The molecule has 0 rings (SSSR count). The first-order chi connectivity index (χ1) is 7.06. The fourth-order valence-electron chi connectivity index (χ4n) is 1.15. The normalized spacial score (nSPS) is 12.9. The Labute approximate surface area is 93.4 Å². The van der Waals surface area contributed by atoms with Gasteiger partial charge in [-0.2, -0.15) is 0 Å². The van der Waals surface area contributed by atoms with Gasteiger partial charge in [0.05, 0.1) is 6.54 Å². The van der Waals surface area contributed by atoms with Gasteiger partial charge in [0.15, 0.2) is 0 Å². The number of carbonyl (C=O) groups is 1. The summed E-state index contributed by atoms with van der Waals surface area (Å²) in [6.07, 6.45) is 2.05. The largest absolute Gasteiger partial charge is 0.355 e. The second kappa shape index (κ2) is 8.68. The molecule has 0 aliphatic rings. The van der Waals surface area contributed by atoms with E-state index in [4.69, 9.17) is 0 Å². The van der Waals surface area contributed by atoms with Crippen LogP contribution in [-0.2, 0) is 4.79 Å². The van der Waals surface area contributed by atoms with Crippen LogP contribution in [0, 0.1) is 0 Å². The lowest BCUT2D eigenvalue weighted by Crippen LogP contribution is -2.39. The first-order valence-electron chi connectivity index (χ1n) is 5.71. The molecule has 0 saturated heterocycles. The van der Waals surface area contributed by atoms with Crippen molar-refractivity contribution in [2.75, 3.05) is 33.7 Å². The predicted molar refractivity (Wildman–Crippen MR) is 63.9 cm³/mol. The number of hydrogen-bond acceptors (Lipinski definition) is 3. The maximum absolute atomic E-state index is 11.3. The van der Waals surface area contributed by atoms with Crippen LogP contribution in [0.3, 0.4) is 0 Å². The molecule has 4 nitrogen and oxygen atoms in total. The summed E-state index contributed by atoms with van der Waals surface area (Å²) in [7, 11) is 4.11. The second-order valence-corrected chi connectivity index (χ2v) is 4.22. The summed E-state index contributed by atoms with van der Waals surface area (Å²) in [5.41, 5.74) is 0. The van der Waals surface area contributed by atoms with Crippen LogP contribution in [-0.4, -0.2) is 50.6 Å². The van der Waals surface area contributed by atoms with Gasteiger partial charge in [-0.05, 0) is 40.4 Å². The molecular weight excluding hydrogens is 190 g/mol. The monoisotopic (exact) mass is 215 g/mol. The molecule has 15 heavy (non-hydrogen) atoms. The average Bonchev–Trinajstić information content (AvgIpc) is 2.20. The van der Waals surface area contributed by atoms with Crippen molar-refractivity contribution >= 4 is 5.91 Å². The highest BCUT2D eigenvalue weighted by atomic mass is 16.1. The minimum absolute atomic E-state index is 0.0913. The molecule has 2 N–H and O–H groups in total. The Balaban J connectivity index is 3.44. The van der Waals surface area contributed by atoms with E-state index in [1.807, 2.05) is 6.92 Å². The number of amides is 1.